The SMILES string of the molecule is C#CCN1C(=O)C(C)=CC1OC(=O)NCc1ccccc1. The third-order valence-electron chi connectivity index (χ3n) is 3.07. The summed E-state index contributed by atoms with van der Waals surface area (Å²) in [5.74, 6) is 2.17. The molecule has 1 N–H and O–H groups in total. The molecule has 0 spiro atoms. The van der Waals surface area contributed by atoms with Crippen LogP contribution >= 0.6 is 0 Å². The number of nitrogens with one attached hydrogen (secondary N) is 1. The molecule has 108 valence electrons. The first-order valence-corrected chi connectivity index (χ1v) is 6.53. The maximum Gasteiger partial charge on any atom is 0.409 e. The molecule has 0 radical (unpaired) electrons. The molecule has 1 aliphatic rings. The van der Waals surface area contributed by atoms with Crippen molar-refractivity contribution >= 4 is 12.0 Å². The lowest BCUT2D eigenvalue weighted by Crippen LogP contribution is -2.40. The van der Waals surface area contributed by atoms with E-state index < -0.39 is 12.3 Å². The third-order valence-corrected chi connectivity index (χ3v) is 3.07. The number of hydrogen-bond donors (Lipinski definition) is 1. The van der Waals surface area contributed by atoms with Crippen LogP contribution in [0.2, 0.25) is 0 Å². The number of rotatable bonds is 4. The normalized spacial score (nSPS) is 17.1. The fourth-order valence-corrected chi connectivity index (χ4v) is 2.00. The van der Waals surface area contributed by atoms with Crippen molar-refractivity contribution in [1.82, 2.24) is 10.2 Å². The molecule has 2 rings (SSSR count). The molecular weight excluding hydrogens is 268 g/mol. The summed E-state index contributed by atoms with van der Waals surface area (Å²) in [5.41, 5.74) is 1.48. The summed E-state index contributed by atoms with van der Waals surface area (Å²) in [6.07, 6.45) is 5.47. The van der Waals surface area contributed by atoms with Gasteiger partial charge < -0.3 is 10.1 Å². The van der Waals surface area contributed by atoms with Gasteiger partial charge in [0, 0.05) is 12.1 Å². The van der Waals surface area contributed by atoms with E-state index in [4.69, 9.17) is 11.2 Å². The van der Waals surface area contributed by atoms with E-state index in [1.54, 1.807) is 13.0 Å². The van der Waals surface area contributed by atoms with Crippen LogP contribution in [-0.4, -0.2) is 29.7 Å². The summed E-state index contributed by atoms with van der Waals surface area (Å²) in [4.78, 5) is 24.9. The first-order valence-electron chi connectivity index (χ1n) is 6.53. The maximum absolute atomic E-state index is 11.8. The number of benzene rings is 1. The van der Waals surface area contributed by atoms with Crippen molar-refractivity contribution in [2.75, 3.05) is 6.54 Å². The molecule has 0 fully saturated rings. The number of carbonyl (C=O) groups is 2. The highest BCUT2D eigenvalue weighted by molar-refractivity contribution is 5.96. The fourth-order valence-electron chi connectivity index (χ4n) is 2.00. The second-order valence-corrected chi connectivity index (χ2v) is 4.62. The molecule has 1 heterocycles. The lowest BCUT2D eigenvalue weighted by molar-refractivity contribution is -0.130. The van der Waals surface area contributed by atoms with E-state index in [1.165, 1.54) is 4.90 Å². The zero-order valence-electron chi connectivity index (χ0n) is 11.7. The van der Waals surface area contributed by atoms with Gasteiger partial charge in [-0.2, -0.15) is 0 Å². The van der Waals surface area contributed by atoms with Crippen molar-refractivity contribution in [2.45, 2.75) is 19.7 Å². The predicted molar refractivity (Wildman–Crippen MR) is 77.9 cm³/mol. The largest absolute Gasteiger partial charge is 0.422 e. The molecular formula is C16H16N2O3. The summed E-state index contributed by atoms with van der Waals surface area (Å²) >= 11 is 0. The van der Waals surface area contributed by atoms with Gasteiger partial charge in [0.25, 0.3) is 5.91 Å². The molecule has 1 atom stereocenters. The number of terminal acetylenes is 1. The summed E-state index contributed by atoms with van der Waals surface area (Å²) in [6.45, 7) is 2.12. The Labute approximate surface area is 123 Å². The highest BCUT2D eigenvalue weighted by atomic mass is 16.6. The molecule has 0 saturated carbocycles. The van der Waals surface area contributed by atoms with Gasteiger partial charge in [-0.15, -0.1) is 6.42 Å². The smallest absolute Gasteiger partial charge is 0.409 e. The molecule has 1 unspecified atom stereocenters. The molecule has 0 aromatic heterocycles. The van der Waals surface area contributed by atoms with Gasteiger partial charge in [-0.3, -0.25) is 9.69 Å². The summed E-state index contributed by atoms with van der Waals surface area (Å²) in [6, 6.07) is 9.47. The quantitative estimate of drug-likeness (QED) is 0.855. The van der Waals surface area contributed by atoms with Gasteiger partial charge >= 0.3 is 6.09 Å². The van der Waals surface area contributed by atoms with E-state index >= 15 is 0 Å². The van der Waals surface area contributed by atoms with E-state index in [0.717, 1.165) is 5.56 Å². The van der Waals surface area contributed by atoms with Crippen LogP contribution < -0.4 is 5.32 Å². The average molecular weight is 284 g/mol. The van der Waals surface area contributed by atoms with Gasteiger partial charge in [-0.05, 0) is 18.6 Å². The van der Waals surface area contributed by atoms with Crippen molar-refractivity contribution in [3.05, 3.63) is 47.5 Å². The average Bonchev–Trinajstić information content (AvgIpc) is 2.74. The third kappa shape index (κ3) is 3.63. The summed E-state index contributed by atoms with van der Waals surface area (Å²) < 4.78 is 5.22. The van der Waals surface area contributed by atoms with Crippen LogP contribution in [-0.2, 0) is 16.1 Å². The van der Waals surface area contributed by atoms with Crippen molar-refractivity contribution in [3.8, 4) is 12.3 Å². The monoisotopic (exact) mass is 284 g/mol. The topological polar surface area (TPSA) is 58.6 Å². The van der Waals surface area contributed by atoms with Gasteiger partial charge in [0.15, 0.2) is 0 Å². The molecule has 0 saturated heterocycles. The molecule has 1 aliphatic heterocycles. The van der Waals surface area contributed by atoms with Gasteiger partial charge in [0.2, 0.25) is 6.23 Å². The highest BCUT2D eigenvalue weighted by Gasteiger charge is 2.31. The van der Waals surface area contributed by atoms with Gasteiger partial charge in [0.1, 0.15) is 0 Å². The van der Waals surface area contributed by atoms with E-state index in [0.29, 0.717) is 12.1 Å². The second-order valence-electron chi connectivity index (χ2n) is 4.62. The fraction of sp³-hybridized carbons (Fsp3) is 0.250. The highest BCUT2D eigenvalue weighted by Crippen LogP contribution is 2.18. The van der Waals surface area contributed by atoms with E-state index in [1.807, 2.05) is 30.3 Å². The Morgan fingerprint density at radius 2 is 2.14 bits per heavy atom. The first kappa shape index (κ1) is 14.7. The molecule has 21 heavy (non-hydrogen) atoms. The number of hydrogen-bond acceptors (Lipinski definition) is 3. The number of alkyl carbamates (subject to hydrolysis) is 1. The van der Waals surface area contributed by atoms with Gasteiger partial charge in [-0.1, -0.05) is 36.3 Å². The number of amides is 2. The Hall–Kier alpha value is -2.74. The molecule has 0 bridgehead atoms. The van der Waals surface area contributed by atoms with Crippen LogP contribution in [0.4, 0.5) is 4.79 Å². The van der Waals surface area contributed by atoms with Crippen LogP contribution in [0.1, 0.15) is 12.5 Å². The molecule has 5 nitrogen and oxygen atoms in total. The van der Waals surface area contributed by atoms with Crippen molar-refractivity contribution in [1.29, 1.82) is 0 Å². The minimum atomic E-state index is -0.746. The van der Waals surface area contributed by atoms with Crippen molar-refractivity contribution in [2.24, 2.45) is 0 Å². The van der Waals surface area contributed by atoms with Gasteiger partial charge in [0.05, 0.1) is 6.54 Å². The minimum absolute atomic E-state index is 0.101. The molecule has 0 aliphatic carbocycles. The zero-order chi connectivity index (χ0) is 15.2. The number of nitrogens with zero attached hydrogens (tertiary/aromatic N) is 1. The Balaban J connectivity index is 1.90. The van der Waals surface area contributed by atoms with E-state index in [-0.39, 0.29) is 12.5 Å². The van der Waals surface area contributed by atoms with Crippen molar-refractivity contribution < 1.29 is 14.3 Å². The first-order chi connectivity index (χ1) is 10.1. The standard InChI is InChI=1S/C16H16N2O3/c1-3-9-18-14(10-12(2)15(18)19)21-16(20)17-11-13-7-5-4-6-8-13/h1,4-8,10,14H,9,11H2,2H3,(H,17,20). The molecule has 1 aromatic rings. The molecule has 5 heteroatoms. The van der Waals surface area contributed by atoms with Crippen LogP contribution in [0, 0.1) is 12.3 Å². The van der Waals surface area contributed by atoms with Gasteiger partial charge in [-0.25, -0.2) is 4.79 Å². The summed E-state index contributed by atoms with van der Waals surface area (Å²) in [5, 5.41) is 2.64. The van der Waals surface area contributed by atoms with Crippen LogP contribution in [0.15, 0.2) is 42.0 Å². The van der Waals surface area contributed by atoms with Crippen molar-refractivity contribution in [3.63, 3.8) is 0 Å². The Morgan fingerprint density at radius 3 is 2.81 bits per heavy atom. The lowest BCUT2D eigenvalue weighted by Gasteiger charge is -2.22. The van der Waals surface area contributed by atoms with Crippen LogP contribution in [0.5, 0.6) is 0 Å². The van der Waals surface area contributed by atoms with E-state index in [9.17, 15) is 9.59 Å². The minimum Gasteiger partial charge on any atom is -0.422 e. The predicted octanol–water partition coefficient (Wildman–Crippen LogP) is 1.66. The maximum atomic E-state index is 11.8. The van der Waals surface area contributed by atoms with E-state index in [2.05, 4.69) is 11.2 Å². The molecule has 2 amide bonds. The lowest BCUT2D eigenvalue weighted by atomic mass is 10.2. The molecule has 1 aromatic carbocycles. The Bertz CT molecular complexity index is 602. The van der Waals surface area contributed by atoms with Crippen LogP contribution in [0.3, 0.4) is 0 Å². The number of ether oxygens (including phenoxy) is 1. The van der Waals surface area contributed by atoms with Crippen LogP contribution in [0.25, 0.3) is 0 Å². The number of carbonyl (C=O) groups excluding carboxylic acids is 2. The second kappa shape index (κ2) is 6.62. The summed E-state index contributed by atoms with van der Waals surface area (Å²) in [7, 11) is 0. The Morgan fingerprint density at radius 1 is 1.43 bits per heavy atom. The zero-order valence-corrected chi connectivity index (χ0v) is 11.7. The Kier molecular flexibility index (Phi) is 4.62.